The highest BCUT2D eigenvalue weighted by Gasteiger charge is 2.30. The molecule has 3 nitrogen and oxygen atoms in total. The van der Waals surface area contributed by atoms with E-state index in [1.54, 1.807) is 6.20 Å². The molecule has 1 aromatic carbocycles. The Morgan fingerprint density at radius 2 is 1.83 bits per heavy atom. The molecule has 0 radical (unpaired) electrons. The first-order valence-electron chi connectivity index (χ1n) is 7.12. The van der Waals surface area contributed by atoms with Gasteiger partial charge in [-0.15, -0.1) is 0 Å². The number of hydrogen-bond donors (Lipinski definition) is 0. The predicted octanol–water partition coefficient (Wildman–Crippen LogP) is 4.80. The molecule has 6 heteroatoms. The maximum absolute atomic E-state index is 12.6. The molecule has 3 rings (SSSR count). The summed E-state index contributed by atoms with van der Waals surface area (Å²) >= 11 is 0. The van der Waals surface area contributed by atoms with Crippen LogP contribution in [0.25, 0.3) is 5.65 Å². The highest BCUT2D eigenvalue weighted by atomic mass is 19.4. The van der Waals surface area contributed by atoms with E-state index in [2.05, 4.69) is 4.98 Å². The van der Waals surface area contributed by atoms with Gasteiger partial charge >= 0.3 is 6.18 Å². The Hall–Kier alpha value is -2.50. The van der Waals surface area contributed by atoms with E-state index in [0.29, 0.717) is 5.75 Å². The average Bonchev–Trinajstić information content (AvgIpc) is 2.94. The molecule has 0 N–H and O–H groups in total. The van der Waals surface area contributed by atoms with Crippen molar-refractivity contribution in [1.82, 2.24) is 9.38 Å². The zero-order valence-corrected chi connectivity index (χ0v) is 12.6. The smallest absolute Gasteiger partial charge is 0.416 e. The zero-order valence-electron chi connectivity index (χ0n) is 12.6. The molecular formula is C17H15F3N2O. The number of imidazole rings is 1. The van der Waals surface area contributed by atoms with Gasteiger partial charge in [0.1, 0.15) is 17.5 Å². The normalized spacial score (nSPS) is 13.3. The quantitative estimate of drug-likeness (QED) is 0.693. The Bertz CT molecular complexity index is 822. The maximum Gasteiger partial charge on any atom is 0.416 e. The molecule has 0 aliphatic carbocycles. The summed E-state index contributed by atoms with van der Waals surface area (Å²) in [5.74, 6) is 0.389. The number of rotatable bonds is 3. The fourth-order valence-electron chi connectivity index (χ4n) is 2.49. The number of aromatic nitrogens is 2. The number of alkyl halides is 3. The van der Waals surface area contributed by atoms with Crippen LogP contribution < -0.4 is 4.74 Å². The number of benzene rings is 1. The van der Waals surface area contributed by atoms with Gasteiger partial charge in [0, 0.05) is 12.4 Å². The molecule has 0 spiro atoms. The van der Waals surface area contributed by atoms with Crippen molar-refractivity contribution < 1.29 is 17.9 Å². The molecule has 0 amide bonds. The van der Waals surface area contributed by atoms with Crippen molar-refractivity contribution >= 4 is 5.65 Å². The number of ether oxygens (including phenoxy) is 1. The van der Waals surface area contributed by atoms with E-state index in [4.69, 9.17) is 4.74 Å². The first-order chi connectivity index (χ1) is 10.8. The van der Waals surface area contributed by atoms with Crippen molar-refractivity contribution in [2.75, 3.05) is 0 Å². The summed E-state index contributed by atoms with van der Waals surface area (Å²) in [5.41, 5.74) is 2.05. The number of aryl methyl sites for hydroxylation is 1. The van der Waals surface area contributed by atoms with E-state index < -0.39 is 11.7 Å². The number of hydrogen-bond acceptors (Lipinski definition) is 2. The van der Waals surface area contributed by atoms with Gasteiger partial charge in [-0.2, -0.15) is 13.2 Å². The van der Waals surface area contributed by atoms with Gasteiger partial charge in [0.05, 0.1) is 11.3 Å². The minimum atomic E-state index is -4.34. The van der Waals surface area contributed by atoms with Crippen LogP contribution in [0.5, 0.6) is 5.75 Å². The highest BCUT2D eigenvalue weighted by molar-refractivity contribution is 5.44. The Labute approximate surface area is 131 Å². The van der Waals surface area contributed by atoms with Crippen molar-refractivity contribution in [3.63, 3.8) is 0 Å². The molecule has 2 aromatic heterocycles. The zero-order chi connectivity index (χ0) is 16.6. The lowest BCUT2D eigenvalue weighted by molar-refractivity contribution is -0.137. The van der Waals surface area contributed by atoms with E-state index >= 15 is 0 Å². The standard InChI is InChI=1S/C17H15F3N2O/c1-11-9-15(22-8-7-21-16(22)10-11)12(2)23-14-5-3-13(4-6-14)17(18,19)20/h3-10,12H,1-2H3. The molecule has 120 valence electrons. The van der Waals surface area contributed by atoms with Gasteiger partial charge in [-0.1, -0.05) is 0 Å². The highest BCUT2D eigenvalue weighted by Crippen LogP contribution is 2.31. The molecule has 0 bridgehead atoms. The minimum absolute atomic E-state index is 0.330. The summed E-state index contributed by atoms with van der Waals surface area (Å²) in [4.78, 5) is 4.25. The third kappa shape index (κ3) is 3.16. The van der Waals surface area contributed by atoms with E-state index in [-0.39, 0.29) is 6.10 Å². The fraction of sp³-hybridized carbons (Fsp3) is 0.235. The van der Waals surface area contributed by atoms with Crippen LogP contribution in [0.4, 0.5) is 13.2 Å². The lowest BCUT2D eigenvalue weighted by atomic mass is 10.1. The van der Waals surface area contributed by atoms with Crippen molar-refractivity contribution in [1.29, 1.82) is 0 Å². The van der Waals surface area contributed by atoms with Crippen LogP contribution in [-0.2, 0) is 6.18 Å². The molecule has 3 aromatic rings. The molecule has 0 saturated heterocycles. The van der Waals surface area contributed by atoms with Gasteiger partial charge in [0.15, 0.2) is 0 Å². The third-order valence-corrected chi connectivity index (χ3v) is 3.59. The summed E-state index contributed by atoms with van der Waals surface area (Å²) in [5, 5.41) is 0. The van der Waals surface area contributed by atoms with Crippen LogP contribution in [-0.4, -0.2) is 9.38 Å². The monoisotopic (exact) mass is 320 g/mol. The van der Waals surface area contributed by atoms with Crippen molar-refractivity contribution in [2.24, 2.45) is 0 Å². The second-order valence-corrected chi connectivity index (χ2v) is 5.40. The molecule has 0 aliphatic rings. The molecule has 0 aliphatic heterocycles. The first kappa shape index (κ1) is 15.4. The summed E-state index contributed by atoms with van der Waals surface area (Å²) in [6, 6.07) is 8.63. The predicted molar refractivity (Wildman–Crippen MR) is 80.4 cm³/mol. The van der Waals surface area contributed by atoms with Crippen molar-refractivity contribution in [3.05, 3.63) is 65.6 Å². The van der Waals surface area contributed by atoms with Crippen LogP contribution in [0, 0.1) is 6.92 Å². The van der Waals surface area contributed by atoms with Crippen LogP contribution in [0.15, 0.2) is 48.8 Å². The lowest BCUT2D eigenvalue weighted by Gasteiger charge is -2.18. The van der Waals surface area contributed by atoms with Gasteiger partial charge in [-0.05, 0) is 55.8 Å². The molecule has 2 heterocycles. The van der Waals surface area contributed by atoms with E-state index in [9.17, 15) is 13.2 Å². The molecule has 0 saturated carbocycles. The largest absolute Gasteiger partial charge is 0.484 e. The molecular weight excluding hydrogens is 305 g/mol. The Morgan fingerprint density at radius 1 is 1.13 bits per heavy atom. The Morgan fingerprint density at radius 3 is 2.48 bits per heavy atom. The van der Waals surface area contributed by atoms with Crippen LogP contribution >= 0.6 is 0 Å². The van der Waals surface area contributed by atoms with Crippen molar-refractivity contribution in [3.8, 4) is 5.75 Å². The summed E-state index contributed by atoms with van der Waals surface area (Å²) in [6.45, 7) is 3.81. The maximum atomic E-state index is 12.6. The van der Waals surface area contributed by atoms with Gasteiger partial charge in [-0.3, -0.25) is 0 Å². The fourth-order valence-corrected chi connectivity index (χ4v) is 2.49. The Kier molecular flexibility index (Phi) is 3.75. The van der Waals surface area contributed by atoms with E-state index in [0.717, 1.165) is 29.0 Å². The van der Waals surface area contributed by atoms with Gasteiger partial charge in [0.25, 0.3) is 0 Å². The Balaban J connectivity index is 1.86. The molecule has 23 heavy (non-hydrogen) atoms. The van der Waals surface area contributed by atoms with Gasteiger partial charge in [-0.25, -0.2) is 4.98 Å². The number of pyridine rings is 1. The van der Waals surface area contributed by atoms with Crippen LogP contribution in [0.3, 0.4) is 0 Å². The van der Waals surface area contributed by atoms with Gasteiger partial charge < -0.3 is 9.14 Å². The lowest BCUT2D eigenvalue weighted by Crippen LogP contribution is -2.09. The molecule has 1 unspecified atom stereocenters. The van der Waals surface area contributed by atoms with Crippen LogP contribution in [0.2, 0.25) is 0 Å². The molecule has 1 atom stereocenters. The number of fused-ring (bicyclic) bond motifs is 1. The third-order valence-electron chi connectivity index (χ3n) is 3.59. The second kappa shape index (κ2) is 5.61. The summed E-state index contributed by atoms with van der Waals surface area (Å²) in [7, 11) is 0. The van der Waals surface area contributed by atoms with Crippen LogP contribution in [0.1, 0.15) is 29.8 Å². The minimum Gasteiger partial charge on any atom is -0.484 e. The SMILES string of the molecule is Cc1cc(C(C)Oc2ccc(C(F)(F)F)cc2)n2ccnc2c1. The van der Waals surface area contributed by atoms with E-state index in [1.807, 2.05) is 36.6 Å². The summed E-state index contributed by atoms with van der Waals surface area (Å²) < 4.78 is 45.4. The molecule has 0 fully saturated rings. The number of halogens is 3. The summed E-state index contributed by atoms with van der Waals surface area (Å²) in [6.07, 6.45) is -1.15. The second-order valence-electron chi connectivity index (χ2n) is 5.40. The number of nitrogens with zero attached hydrogens (tertiary/aromatic N) is 2. The van der Waals surface area contributed by atoms with Gasteiger partial charge in [0.2, 0.25) is 0 Å². The topological polar surface area (TPSA) is 26.5 Å². The first-order valence-corrected chi connectivity index (χ1v) is 7.12. The average molecular weight is 320 g/mol. The van der Waals surface area contributed by atoms with E-state index in [1.165, 1.54) is 12.1 Å². The van der Waals surface area contributed by atoms with Crippen molar-refractivity contribution in [2.45, 2.75) is 26.1 Å².